The summed E-state index contributed by atoms with van der Waals surface area (Å²) >= 11 is 0. The molecule has 0 heterocycles. The van der Waals surface area contributed by atoms with Gasteiger partial charge in [0, 0.05) is 12.0 Å². The monoisotopic (exact) mass is 276 g/mol. The number of aliphatic hydroxyl groups is 1. The standard InChI is InChI=1S/C10H13F5O3/c1-5(2)7(16)18-6(10(13,14)15)4-9(3,17)8(11)12/h6,8,17H,1,4H2,2-3H3. The van der Waals surface area contributed by atoms with E-state index in [2.05, 4.69) is 11.3 Å². The van der Waals surface area contributed by atoms with Crippen LogP contribution < -0.4 is 0 Å². The number of hydrogen-bond donors (Lipinski definition) is 1. The van der Waals surface area contributed by atoms with Gasteiger partial charge in [-0.25, -0.2) is 13.6 Å². The van der Waals surface area contributed by atoms with Crippen molar-refractivity contribution in [2.45, 2.75) is 44.6 Å². The van der Waals surface area contributed by atoms with Crippen molar-refractivity contribution in [1.29, 1.82) is 0 Å². The van der Waals surface area contributed by atoms with Crippen LogP contribution in [0.2, 0.25) is 0 Å². The highest BCUT2D eigenvalue weighted by Crippen LogP contribution is 2.32. The van der Waals surface area contributed by atoms with Gasteiger partial charge in [-0.3, -0.25) is 0 Å². The number of alkyl halides is 5. The van der Waals surface area contributed by atoms with E-state index < -0.39 is 36.7 Å². The fourth-order valence-corrected chi connectivity index (χ4v) is 0.918. The molecular formula is C10H13F5O3. The van der Waals surface area contributed by atoms with Gasteiger partial charge in [0.1, 0.15) is 5.60 Å². The van der Waals surface area contributed by atoms with Crippen molar-refractivity contribution >= 4 is 5.97 Å². The average molecular weight is 276 g/mol. The lowest BCUT2D eigenvalue weighted by molar-refractivity contribution is -0.236. The topological polar surface area (TPSA) is 46.5 Å². The minimum Gasteiger partial charge on any atom is -0.449 e. The van der Waals surface area contributed by atoms with Gasteiger partial charge in [-0.1, -0.05) is 6.58 Å². The Morgan fingerprint density at radius 3 is 2.11 bits per heavy atom. The number of esters is 1. The van der Waals surface area contributed by atoms with E-state index in [-0.39, 0.29) is 5.57 Å². The molecule has 0 saturated carbocycles. The number of carbonyl (C=O) groups excluding carboxylic acids is 1. The summed E-state index contributed by atoms with van der Waals surface area (Å²) in [5.74, 6) is -1.36. The summed E-state index contributed by atoms with van der Waals surface area (Å²) in [6.07, 6.45) is -12.7. The molecule has 0 rings (SSSR count). The van der Waals surface area contributed by atoms with Gasteiger partial charge in [0.15, 0.2) is 0 Å². The van der Waals surface area contributed by atoms with Crippen LogP contribution in [0.4, 0.5) is 22.0 Å². The summed E-state index contributed by atoms with van der Waals surface area (Å²) in [5, 5.41) is 9.11. The Bertz CT molecular complexity index is 322. The van der Waals surface area contributed by atoms with Crippen LogP contribution in [0.3, 0.4) is 0 Å². The zero-order chi connectivity index (χ0) is 14.7. The highest BCUT2D eigenvalue weighted by Gasteiger charge is 2.49. The molecule has 0 aliphatic heterocycles. The molecule has 0 aromatic carbocycles. The van der Waals surface area contributed by atoms with Crippen LogP contribution in [0.1, 0.15) is 20.3 Å². The van der Waals surface area contributed by atoms with Gasteiger partial charge in [-0.15, -0.1) is 0 Å². The summed E-state index contributed by atoms with van der Waals surface area (Å²) in [5.41, 5.74) is -3.21. The SMILES string of the molecule is C=C(C)C(=O)OC(CC(C)(O)C(F)F)C(F)(F)F. The number of halogens is 5. The van der Waals surface area contributed by atoms with E-state index in [1.807, 2.05) is 0 Å². The fraction of sp³-hybridized carbons (Fsp3) is 0.700. The molecule has 0 bridgehead atoms. The molecule has 18 heavy (non-hydrogen) atoms. The quantitative estimate of drug-likeness (QED) is 0.476. The first-order chi connectivity index (χ1) is 7.88. The molecule has 2 atom stereocenters. The van der Waals surface area contributed by atoms with Crippen LogP contribution in [-0.4, -0.2) is 35.4 Å². The van der Waals surface area contributed by atoms with Gasteiger partial charge in [0.25, 0.3) is 6.43 Å². The fourth-order valence-electron chi connectivity index (χ4n) is 0.918. The van der Waals surface area contributed by atoms with Crippen molar-refractivity contribution < 1.29 is 36.6 Å². The molecule has 0 aliphatic carbocycles. The van der Waals surface area contributed by atoms with Crippen molar-refractivity contribution in [3.05, 3.63) is 12.2 Å². The maximum Gasteiger partial charge on any atom is 0.425 e. The Morgan fingerprint density at radius 1 is 1.39 bits per heavy atom. The first-order valence-electron chi connectivity index (χ1n) is 4.81. The van der Waals surface area contributed by atoms with Crippen LogP contribution in [0.15, 0.2) is 12.2 Å². The summed E-state index contributed by atoms with van der Waals surface area (Å²) < 4.78 is 66.0. The summed E-state index contributed by atoms with van der Waals surface area (Å²) in [6, 6.07) is 0. The highest BCUT2D eigenvalue weighted by molar-refractivity contribution is 5.87. The molecule has 8 heteroatoms. The van der Waals surface area contributed by atoms with E-state index in [0.717, 1.165) is 6.92 Å². The van der Waals surface area contributed by atoms with Crippen molar-refractivity contribution in [3.63, 3.8) is 0 Å². The second-order valence-corrected chi connectivity index (χ2v) is 4.08. The van der Waals surface area contributed by atoms with Gasteiger partial charge in [0.05, 0.1) is 0 Å². The third kappa shape index (κ3) is 4.99. The van der Waals surface area contributed by atoms with E-state index >= 15 is 0 Å². The summed E-state index contributed by atoms with van der Waals surface area (Å²) in [7, 11) is 0. The molecule has 3 nitrogen and oxygen atoms in total. The van der Waals surface area contributed by atoms with Crippen LogP contribution in [0, 0.1) is 0 Å². The molecule has 0 aromatic heterocycles. The number of rotatable bonds is 5. The summed E-state index contributed by atoms with van der Waals surface area (Å²) in [4.78, 5) is 11.0. The van der Waals surface area contributed by atoms with E-state index in [1.54, 1.807) is 0 Å². The van der Waals surface area contributed by atoms with Crippen molar-refractivity contribution in [1.82, 2.24) is 0 Å². The van der Waals surface area contributed by atoms with Gasteiger partial charge >= 0.3 is 12.1 Å². The predicted octanol–water partition coefficient (Wildman–Crippen LogP) is 2.44. The number of carbonyl (C=O) groups is 1. The van der Waals surface area contributed by atoms with Crippen molar-refractivity contribution in [2.75, 3.05) is 0 Å². The molecule has 106 valence electrons. The first-order valence-corrected chi connectivity index (χ1v) is 4.81. The van der Waals surface area contributed by atoms with E-state index in [0.29, 0.717) is 6.92 Å². The number of hydrogen-bond acceptors (Lipinski definition) is 3. The highest BCUT2D eigenvalue weighted by atomic mass is 19.4. The average Bonchev–Trinajstić information content (AvgIpc) is 2.14. The van der Waals surface area contributed by atoms with E-state index in [1.165, 1.54) is 0 Å². The van der Waals surface area contributed by atoms with Crippen molar-refractivity contribution in [3.8, 4) is 0 Å². The second kappa shape index (κ2) is 5.64. The molecule has 0 spiro atoms. The minimum atomic E-state index is -5.05. The van der Waals surface area contributed by atoms with Gasteiger partial charge in [0.2, 0.25) is 6.10 Å². The van der Waals surface area contributed by atoms with Gasteiger partial charge in [-0.2, -0.15) is 13.2 Å². The van der Waals surface area contributed by atoms with Crippen LogP contribution in [0.25, 0.3) is 0 Å². The Labute approximate surface area is 100 Å². The lowest BCUT2D eigenvalue weighted by Gasteiger charge is -2.28. The molecule has 0 aromatic rings. The van der Waals surface area contributed by atoms with E-state index in [4.69, 9.17) is 5.11 Å². The largest absolute Gasteiger partial charge is 0.449 e. The molecule has 0 fully saturated rings. The van der Waals surface area contributed by atoms with Crippen LogP contribution >= 0.6 is 0 Å². The Morgan fingerprint density at radius 2 is 1.83 bits per heavy atom. The Balaban J connectivity index is 4.94. The molecule has 0 saturated heterocycles. The normalized spacial score (nSPS) is 17.2. The Hall–Kier alpha value is -1.18. The van der Waals surface area contributed by atoms with Crippen LogP contribution in [-0.2, 0) is 9.53 Å². The lowest BCUT2D eigenvalue weighted by atomic mass is 9.98. The third-order valence-electron chi connectivity index (χ3n) is 2.03. The third-order valence-corrected chi connectivity index (χ3v) is 2.03. The van der Waals surface area contributed by atoms with Gasteiger partial charge < -0.3 is 9.84 Å². The summed E-state index contributed by atoms with van der Waals surface area (Å²) in [6.45, 7) is 4.71. The predicted molar refractivity (Wildman–Crippen MR) is 52.0 cm³/mol. The van der Waals surface area contributed by atoms with Gasteiger partial charge in [-0.05, 0) is 13.8 Å². The molecular weight excluding hydrogens is 263 g/mol. The first kappa shape index (κ1) is 16.8. The Kier molecular flexibility index (Phi) is 5.27. The molecule has 0 amide bonds. The molecule has 2 unspecified atom stereocenters. The maximum atomic E-state index is 12.5. The second-order valence-electron chi connectivity index (χ2n) is 4.08. The molecule has 0 aliphatic rings. The minimum absolute atomic E-state index is 0.305. The maximum absolute atomic E-state index is 12.5. The zero-order valence-corrected chi connectivity index (χ0v) is 9.72. The number of ether oxygens (including phenoxy) is 1. The van der Waals surface area contributed by atoms with E-state index in [9.17, 15) is 26.7 Å². The molecule has 0 radical (unpaired) electrons. The smallest absolute Gasteiger partial charge is 0.425 e. The zero-order valence-electron chi connectivity index (χ0n) is 9.72. The van der Waals surface area contributed by atoms with Crippen molar-refractivity contribution in [2.24, 2.45) is 0 Å². The lowest BCUT2D eigenvalue weighted by Crippen LogP contribution is -2.44. The van der Waals surface area contributed by atoms with Crippen LogP contribution in [0.5, 0.6) is 0 Å². The molecule has 1 N–H and O–H groups in total.